The average molecular weight is 372 g/mol. The second kappa shape index (κ2) is 8.57. The summed E-state index contributed by atoms with van der Waals surface area (Å²) in [5, 5.41) is 6.69. The van der Waals surface area contributed by atoms with Gasteiger partial charge in [0.15, 0.2) is 0 Å². The van der Waals surface area contributed by atoms with Gasteiger partial charge in [0.2, 0.25) is 17.6 Å². The first-order valence-corrected chi connectivity index (χ1v) is 9.14. The number of rotatable bonds is 7. The quantitative estimate of drug-likeness (QED) is 0.685. The third kappa shape index (κ3) is 4.89. The molecule has 6 nitrogen and oxygen atoms in total. The fourth-order valence-electron chi connectivity index (χ4n) is 2.20. The van der Waals surface area contributed by atoms with Gasteiger partial charge < -0.3 is 9.84 Å². The number of thioether (sulfide) groups is 1. The van der Waals surface area contributed by atoms with Gasteiger partial charge in [0.05, 0.1) is 11.4 Å². The maximum atomic E-state index is 13.0. The fourth-order valence-corrected chi connectivity index (χ4v) is 2.95. The maximum absolute atomic E-state index is 13.0. The number of aromatic nitrogens is 3. The summed E-state index contributed by atoms with van der Waals surface area (Å²) >= 11 is 1.48. The SMILES string of the molecule is CC(NC(=O)CSCc1ccccn1)c1nc(-c2ccc(F)cc2)no1. The summed E-state index contributed by atoms with van der Waals surface area (Å²) in [7, 11) is 0. The van der Waals surface area contributed by atoms with E-state index in [9.17, 15) is 9.18 Å². The molecule has 1 atom stereocenters. The first-order valence-electron chi connectivity index (χ1n) is 7.98. The summed E-state index contributed by atoms with van der Waals surface area (Å²) in [5.41, 5.74) is 1.57. The van der Waals surface area contributed by atoms with Gasteiger partial charge in [-0.2, -0.15) is 4.98 Å². The number of amides is 1. The normalized spacial score (nSPS) is 11.9. The predicted octanol–water partition coefficient (Wildman–Crippen LogP) is 3.38. The minimum Gasteiger partial charge on any atom is -0.344 e. The topological polar surface area (TPSA) is 80.9 Å². The molecule has 1 amide bonds. The van der Waals surface area contributed by atoms with E-state index in [1.807, 2.05) is 18.2 Å². The van der Waals surface area contributed by atoms with Crippen molar-refractivity contribution in [3.63, 3.8) is 0 Å². The Labute approximate surface area is 154 Å². The third-order valence-corrected chi connectivity index (χ3v) is 4.47. The molecule has 0 bridgehead atoms. The van der Waals surface area contributed by atoms with Crippen molar-refractivity contribution in [2.24, 2.45) is 0 Å². The summed E-state index contributed by atoms with van der Waals surface area (Å²) in [6.07, 6.45) is 1.73. The van der Waals surface area contributed by atoms with Crippen molar-refractivity contribution in [2.75, 3.05) is 5.75 Å². The molecule has 3 rings (SSSR count). The highest BCUT2D eigenvalue weighted by Crippen LogP contribution is 2.19. The monoisotopic (exact) mass is 372 g/mol. The van der Waals surface area contributed by atoms with E-state index in [-0.39, 0.29) is 11.7 Å². The summed E-state index contributed by atoms with van der Waals surface area (Å²) in [6.45, 7) is 1.77. The van der Waals surface area contributed by atoms with Crippen molar-refractivity contribution >= 4 is 17.7 Å². The van der Waals surface area contributed by atoms with Crippen LogP contribution in [0.5, 0.6) is 0 Å². The number of pyridine rings is 1. The van der Waals surface area contributed by atoms with Crippen LogP contribution in [0.4, 0.5) is 4.39 Å². The standard InChI is InChI=1S/C18H17FN4O2S/c1-12(21-16(24)11-26-10-15-4-2-3-9-20-15)18-22-17(23-25-18)13-5-7-14(19)8-6-13/h2-9,12H,10-11H2,1H3,(H,21,24). The van der Waals surface area contributed by atoms with Crippen molar-refractivity contribution in [1.82, 2.24) is 20.4 Å². The Morgan fingerprint density at radius 3 is 2.81 bits per heavy atom. The molecule has 8 heteroatoms. The van der Waals surface area contributed by atoms with Gasteiger partial charge in [-0.1, -0.05) is 11.2 Å². The Hall–Kier alpha value is -2.74. The Bertz CT molecular complexity index is 855. The van der Waals surface area contributed by atoms with E-state index in [0.29, 0.717) is 28.8 Å². The van der Waals surface area contributed by atoms with Crippen LogP contribution < -0.4 is 5.32 Å². The molecule has 1 N–H and O–H groups in total. The molecule has 0 aliphatic carbocycles. The second-order valence-electron chi connectivity index (χ2n) is 5.57. The average Bonchev–Trinajstić information content (AvgIpc) is 3.13. The van der Waals surface area contributed by atoms with Crippen molar-refractivity contribution in [2.45, 2.75) is 18.7 Å². The van der Waals surface area contributed by atoms with Gasteiger partial charge in [-0.15, -0.1) is 11.8 Å². The van der Waals surface area contributed by atoms with Crippen LogP contribution in [0.1, 0.15) is 24.6 Å². The zero-order chi connectivity index (χ0) is 18.4. The number of nitrogens with one attached hydrogen (secondary N) is 1. The lowest BCUT2D eigenvalue weighted by Gasteiger charge is -2.09. The number of hydrogen-bond donors (Lipinski definition) is 1. The number of halogens is 1. The van der Waals surface area contributed by atoms with E-state index in [2.05, 4.69) is 20.4 Å². The van der Waals surface area contributed by atoms with Gasteiger partial charge >= 0.3 is 0 Å². The lowest BCUT2D eigenvalue weighted by Crippen LogP contribution is -2.28. The fraction of sp³-hybridized carbons (Fsp3) is 0.222. The molecule has 0 spiro atoms. The first-order chi connectivity index (χ1) is 12.6. The van der Waals surface area contributed by atoms with Gasteiger partial charge in [-0.25, -0.2) is 4.39 Å². The summed E-state index contributed by atoms with van der Waals surface area (Å²) in [4.78, 5) is 20.5. The summed E-state index contributed by atoms with van der Waals surface area (Å²) < 4.78 is 18.2. The molecular formula is C18H17FN4O2S. The van der Waals surface area contributed by atoms with Crippen molar-refractivity contribution in [3.05, 3.63) is 66.1 Å². The van der Waals surface area contributed by atoms with E-state index in [4.69, 9.17) is 4.52 Å². The minimum atomic E-state index is -0.417. The molecule has 0 saturated carbocycles. The van der Waals surface area contributed by atoms with Gasteiger partial charge in [0.1, 0.15) is 11.9 Å². The lowest BCUT2D eigenvalue weighted by atomic mass is 10.2. The molecule has 0 fully saturated rings. The largest absolute Gasteiger partial charge is 0.344 e. The van der Waals surface area contributed by atoms with E-state index in [1.165, 1.54) is 23.9 Å². The molecule has 0 saturated heterocycles. The molecule has 0 aliphatic heterocycles. The zero-order valence-corrected chi connectivity index (χ0v) is 14.9. The van der Waals surface area contributed by atoms with Crippen molar-refractivity contribution in [3.8, 4) is 11.4 Å². The van der Waals surface area contributed by atoms with Crippen LogP contribution in [0.2, 0.25) is 0 Å². The van der Waals surface area contributed by atoms with Crippen LogP contribution in [0, 0.1) is 5.82 Å². The van der Waals surface area contributed by atoms with E-state index < -0.39 is 6.04 Å². The van der Waals surface area contributed by atoms with E-state index in [1.54, 1.807) is 25.3 Å². The number of benzene rings is 1. The highest BCUT2D eigenvalue weighted by Gasteiger charge is 2.17. The highest BCUT2D eigenvalue weighted by atomic mass is 32.2. The first kappa shape index (κ1) is 18.1. The molecule has 0 aliphatic rings. The molecule has 1 aromatic carbocycles. The molecule has 2 aromatic heterocycles. The minimum absolute atomic E-state index is 0.125. The summed E-state index contributed by atoms with van der Waals surface area (Å²) in [6, 6.07) is 11.1. The van der Waals surface area contributed by atoms with Crippen molar-refractivity contribution < 1.29 is 13.7 Å². The van der Waals surface area contributed by atoms with Crippen LogP contribution in [-0.4, -0.2) is 26.8 Å². The van der Waals surface area contributed by atoms with Gasteiger partial charge in [0, 0.05) is 17.5 Å². The van der Waals surface area contributed by atoms with Crippen LogP contribution in [0.15, 0.2) is 53.2 Å². The van der Waals surface area contributed by atoms with Crippen molar-refractivity contribution in [1.29, 1.82) is 0 Å². The highest BCUT2D eigenvalue weighted by molar-refractivity contribution is 7.99. The molecule has 0 radical (unpaired) electrons. The maximum Gasteiger partial charge on any atom is 0.249 e. The Balaban J connectivity index is 1.50. The summed E-state index contributed by atoms with van der Waals surface area (Å²) in [5.74, 6) is 1.16. The Morgan fingerprint density at radius 1 is 1.27 bits per heavy atom. The predicted molar refractivity (Wildman–Crippen MR) is 96.6 cm³/mol. The van der Waals surface area contributed by atoms with Gasteiger partial charge in [0.25, 0.3) is 0 Å². The molecular weight excluding hydrogens is 355 g/mol. The van der Waals surface area contributed by atoms with Gasteiger partial charge in [-0.05, 0) is 43.3 Å². The zero-order valence-electron chi connectivity index (χ0n) is 14.1. The number of hydrogen-bond acceptors (Lipinski definition) is 6. The molecule has 1 unspecified atom stereocenters. The molecule has 134 valence electrons. The number of carbonyl (C=O) groups excluding carboxylic acids is 1. The second-order valence-corrected chi connectivity index (χ2v) is 6.55. The smallest absolute Gasteiger partial charge is 0.249 e. The Kier molecular flexibility index (Phi) is 5.96. The van der Waals surface area contributed by atoms with Crippen LogP contribution in [0.25, 0.3) is 11.4 Å². The lowest BCUT2D eigenvalue weighted by molar-refractivity contribution is -0.119. The van der Waals surface area contributed by atoms with E-state index >= 15 is 0 Å². The van der Waals surface area contributed by atoms with Gasteiger partial charge in [-0.3, -0.25) is 9.78 Å². The number of carbonyl (C=O) groups is 1. The van der Waals surface area contributed by atoms with Crippen LogP contribution in [-0.2, 0) is 10.5 Å². The third-order valence-electron chi connectivity index (χ3n) is 3.50. The molecule has 26 heavy (non-hydrogen) atoms. The van der Waals surface area contributed by atoms with Crippen LogP contribution >= 0.6 is 11.8 Å². The van der Waals surface area contributed by atoms with Crippen LogP contribution in [0.3, 0.4) is 0 Å². The number of nitrogens with zero attached hydrogens (tertiary/aromatic N) is 3. The molecule has 3 aromatic rings. The Morgan fingerprint density at radius 2 is 2.08 bits per heavy atom. The van der Waals surface area contributed by atoms with E-state index in [0.717, 1.165) is 5.69 Å². The molecule has 2 heterocycles.